The number of hydrogen-bond acceptors (Lipinski definition) is 3. The Morgan fingerprint density at radius 1 is 1.40 bits per heavy atom. The van der Waals surface area contributed by atoms with Crippen LogP contribution in [0.3, 0.4) is 0 Å². The summed E-state index contributed by atoms with van der Waals surface area (Å²) in [5, 5.41) is 12.4. The second-order valence-electron chi connectivity index (χ2n) is 5.66. The summed E-state index contributed by atoms with van der Waals surface area (Å²) in [6.07, 6.45) is 2.16. The maximum absolute atomic E-state index is 10.9. The van der Waals surface area contributed by atoms with Crippen molar-refractivity contribution in [2.24, 2.45) is 5.92 Å². The van der Waals surface area contributed by atoms with E-state index >= 15 is 0 Å². The van der Waals surface area contributed by atoms with Crippen molar-refractivity contribution in [3.05, 3.63) is 29.3 Å². The highest BCUT2D eigenvalue weighted by Gasteiger charge is 2.21. The van der Waals surface area contributed by atoms with Crippen molar-refractivity contribution in [1.29, 1.82) is 0 Å². The molecule has 1 aliphatic rings. The first kappa shape index (κ1) is 14.9. The van der Waals surface area contributed by atoms with E-state index in [-0.39, 0.29) is 12.5 Å². The van der Waals surface area contributed by atoms with Crippen LogP contribution >= 0.6 is 0 Å². The van der Waals surface area contributed by atoms with E-state index in [1.54, 1.807) is 6.92 Å². The molecule has 4 heteroatoms. The van der Waals surface area contributed by atoms with Gasteiger partial charge in [0.05, 0.1) is 6.61 Å². The third kappa shape index (κ3) is 3.73. The van der Waals surface area contributed by atoms with Gasteiger partial charge in [-0.2, -0.15) is 0 Å². The van der Waals surface area contributed by atoms with Crippen LogP contribution < -0.4 is 10.2 Å². The van der Waals surface area contributed by atoms with Crippen LogP contribution in [0, 0.1) is 12.8 Å². The number of carbonyl (C=O) groups excluding carboxylic acids is 1. The zero-order valence-corrected chi connectivity index (χ0v) is 12.4. The number of carbonyl (C=O) groups is 1. The van der Waals surface area contributed by atoms with Crippen LogP contribution in [0.15, 0.2) is 18.2 Å². The predicted molar refractivity (Wildman–Crippen MR) is 80.7 cm³/mol. The first-order valence-electron chi connectivity index (χ1n) is 7.30. The Morgan fingerprint density at radius 3 is 2.70 bits per heavy atom. The zero-order chi connectivity index (χ0) is 14.5. The van der Waals surface area contributed by atoms with E-state index in [0.717, 1.165) is 43.7 Å². The number of amides is 1. The molecule has 0 saturated carbocycles. The van der Waals surface area contributed by atoms with Crippen molar-refractivity contribution in [2.45, 2.75) is 33.3 Å². The third-order valence-corrected chi connectivity index (χ3v) is 4.00. The minimum Gasteiger partial charge on any atom is -0.392 e. The van der Waals surface area contributed by atoms with Crippen LogP contribution in [0.2, 0.25) is 0 Å². The molecular weight excluding hydrogens is 252 g/mol. The number of benzene rings is 1. The van der Waals surface area contributed by atoms with Gasteiger partial charge in [-0.3, -0.25) is 4.79 Å². The van der Waals surface area contributed by atoms with Crippen LogP contribution in [-0.4, -0.2) is 30.6 Å². The number of aryl methyl sites for hydroxylation is 1. The van der Waals surface area contributed by atoms with Gasteiger partial charge in [0.25, 0.3) is 0 Å². The SMILES string of the molecule is CC(=O)NCC1CCN(c2ccc(C)cc2CO)CC1. The molecule has 1 heterocycles. The second kappa shape index (κ2) is 6.75. The number of nitrogens with zero attached hydrogens (tertiary/aromatic N) is 1. The molecule has 2 rings (SSSR count). The third-order valence-electron chi connectivity index (χ3n) is 4.00. The van der Waals surface area contributed by atoms with Crippen molar-refractivity contribution in [1.82, 2.24) is 5.32 Å². The fraction of sp³-hybridized carbons (Fsp3) is 0.562. The lowest BCUT2D eigenvalue weighted by molar-refractivity contribution is -0.119. The summed E-state index contributed by atoms with van der Waals surface area (Å²) < 4.78 is 0. The molecule has 0 unspecified atom stereocenters. The number of hydrogen-bond donors (Lipinski definition) is 2. The van der Waals surface area contributed by atoms with Crippen molar-refractivity contribution in [3.63, 3.8) is 0 Å². The Hall–Kier alpha value is -1.55. The van der Waals surface area contributed by atoms with E-state index in [9.17, 15) is 9.90 Å². The standard InChI is InChI=1S/C16H24N2O2/c1-12-3-4-16(15(9-12)11-19)18-7-5-14(6-8-18)10-17-13(2)20/h3-4,9,14,19H,5-8,10-11H2,1-2H3,(H,17,20). The molecule has 0 atom stereocenters. The largest absolute Gasteiger partial charge is 0.392 e. The average molecular weight is 276 g/mol. The van der Waals surface area contributed by atoms with Gasteiger partial charge in [-0.1, -0.05) is 17.7 Å². The lowest BCUT2D eigenvalue weighted by Crippen LogP contribution is -2.38. The molecule has 0 aliphatic carbocycles. The molecule has 1 aromatic carbocycles. The molecule has 1 fully saturated rings. The summed E-state index contributed by atoms with van der Waals surface area (Å²) in [5.41, 5.74) is 3.33. The maximum Gasteiger partial charge on any atom is 0.216 e. The molecule has 1 aromatic rings. The molecule has 0 spiro atoms. The summed E-state index contributed by atoms with van der Waals surface area (Å²) in [5.74, 6) is 0.617. The van der Waals surface area contributed by atoms with Gasteiger partial charge in [-0.15, -0.1) is 0 Å². The minimum atomic E-state index is 0.0496. The maximum atomic E-state index is 10.9. The van der Waals surface area contributed by atoms with Gasteiger partial charge in [0.1, 0.15) is 0 Å². The normalized spacial score (nSPS) is 16.2. The molecule has 2 N–H and O–H groups in total. The first-order valence-corrected chi connectivity index (χ1v) is 7.30. The van der Waals surface area contributed by atoms with Gasteiger partial charge in [0.15, 0.2) is 0 Å². The van der Waals surface area contributed by atoms with Crippen LogP contribution in [0.5, 0.6) is 0 Å². The van der Waals surface area contributed by atoms with Gasteiger partial charge in [0.2, 0.25) is 5.91 Å². The van der Waals surface area contributed by atoms with E-state index in [1.807, 2.05) is 6.92 Å². The smallest absolute Gasteiger partial charge is 0.216 e. The number of nitrogens with one attached hydrogen (secondary N) is 1. The van der Waals surface area contributed by atoms with E-state index in [2.05, 4.69) is 28.4 Å². The highest BCUT2D eigenvalue weighted by Crippen LogP contribution is 2.27. The molecular formula is C16H24N2O2. The molecule has 1 saturated heterocycles. The Kier molecular flexibility index (Phi) is 5.01. The Labute approximate surface area is 120 Å². The first-order chi connectivity index (χ1) is 9.60. The van der Waals surface area contributed by atoms with Crippen LogP contribution in [0.25, 0.3) is 0 Å². The molecule has 4 nitrogen and oxygen atoms in total. The number of aliphatic hydroxyl groups excluding tert-OH is 1. The van der Waals surface area contributed by atoms with Gasteiger partial charge in [0, 0.05) is 37.8 Å². The molecule has 1 amide bonds. The summed E-state index contributed by atoms with van der Waals surface area (Å²) in [4.78, 5) is 13.3. The number of aliphatic hydroxyl groups is 1. The van der Waals surface area contributed by atoms with Gasteiger partial charge in [-0.25, -0.2) is 0 Å². The van der Waals surface area contributed by atoms with Gasteiger partial charge < -0.3 is 15.3 Å². The lowest BCUT2D eigenvalue weighted by Gasteiger charge is -2.34. The highest BCUT2D eigenvalue weighted by molar-refractivity contribution is 5.72. The van der Waals surface area contributed by atoms with E-state index in [0.29, 0.717) is 5.92 Å². The topological polar surface area (TPSA) is 52.6 Å². The van der Waals surface area contributed by atoms with E-state index in [4.69, 9.17) is 0 Å². The fourth-order valence-electron chi connectivity index (χ4n) is 2.82. The van der Waals surface area contributed by atoms with Crippen molar-refractivity contribution in [2.75, 3.05) is 24.5 Å². The zero-order valence-electron chi connectivity index (χ0n) is 12.4. The summed E-state index contributed by atoms with van der Waals surface area (Å²) in [6.45, 7) is 6.45. The molecule has 20 heavy (non-hydrogen) atoms. The van der Waals surface area contributed by atoms with E-state index in [1.165, 1.54) is 5.56 Å². The Bertz CT molecular complexity index is 466. The lowest BCUT2D eigenvalue weighted by atomic mass is 9.95. The average Bonchev–Trinajstić information content (AvgIpc) is 2.45. The van der Waals surface area contributed by atoms with Gasteiger partial charge >= 0.3 is 0 Å². The van der Waals surface area contributed by atoms with E-state index < -0.39 is 0 Å². The predicted octanol–water partition coefficient (Wildman–Crippen LogP) is 1.84. The minimum absolute atomic E-state index is 0.0496. The second-order valence-corrected chi connectivity index (χ2v) is 5.66. The van der Waals surface area contributed by atoms with Gasteiger partial charge in [-0.05, 0) is 31.7 Å². The molecule has 110 valence electrons. The Balaban J connectivity index is 1.95. The van der Waals surface area contributed by atoms with Crippen LogP contribution in [-0.2, 0) is 11.4 Å². The molecule has 0 bridgehead atoms. The number of rotatable bonds is 4. The monoisotopic (exact) mass is 276 g/mol. The van der Waals surface area contributed by atoms with Crippen molar-refractivity contribution >= 4 is 11.6 Å². The molecule has 1 aliphatic heterocycles. The summed E-state index contributed by atoms with van der Waals surface area (Å²) in [6, 6.07) is 6.26. The fourth-order valence-corrected chi connectivity index (χ4v) is 2.82. The number of piperidine rings is 1. The Morgan fingerprint density at radius 2 is 2.10 bits per heavy atom. The summed E-state index contributed by atoms with van der Waals surface area (Å²) in [7, 11) is 0. The molecule has 0 aromatic heterocycles. The molecule has 0 radical (unpaired) electrons. The van der Waals surface area contributed by atoms with Crippen molar-refractivity contribution in [3.8, 4) is 0 Å². The summed E-state index contributed by atoms with van der Waals surface area (Å²) >= 11 is 0. The quantitative estimate of drug-likeness (QED) is 0.882. The van der Waals surface area contributed by atoms with Crippen LogP contribution in [0.4, 0.5) is 5.69 Å². The van der Waals surface area contributed by atoms with Crippen LogP contribution in [0.1, 0.15) is 30.9 Å². The number of anilines is 1. The highest BCUT2D eigenvalue weighted by atomic mass is 16.3. The van der Waals surface area contributed by atoms with Crippen molar-refractivity contribution < 1.29 is 9.90 Å².